The Morgan fingerprint density at radius 1 is 1.69 bits per heavy atom. The lowest BCUT2D eigenvalue weighted by molar-refractivity contribution is -0.118. The monoisotopic (exact) mass is 195 g/mol. The molecule has 2 nitrogen and oxygen atoms in total. The van der Waals surface area contributed by atoms with Crippen molar-refractivity contribution in [3.63, 3.8) is 0 Å². The Hall–Kier alpha value is -1.09. The first kappa shape index (κ1) is 9.99. The summed E-state index contributed by atoms with van der Waals surface area (Å²) in [6.07, 6.45) is 4.00. The van der Waals surface area contributed by atoms with Crippen molar-refractivity contribution in [3.05, 3.63) is 28.0 Å². The van der Waals surface area contributed by atoms with Crippen molar-refractivity contribution >= 4 is 23.3 Å². The van der Waals surface area contributed by atoms with Gasteiger partial charge in [0.2, 0.25) is 5.91 Å². The number of carbonyl (C=O) groups is 1. The van der Waals surface area contributed by atoms with E-state index < -0.39 is 0 Å². The molecule has 0 aliphatic rings. The summed E-state index contributed by atoms with van der Waals surface area (Å²) in [7, 11) is 0. The van der Waals surface area contributed by atoms with Crippen LogP contribution in [0.1, 0.15) is 17.4 Å². The Morgan fingerprint density at radius 3 is 3.00 bits per heavy atom. The molecule has 3 heteroatoms. The summed E-state index contributed by atoms with van der Waals surface area (Å²) in [5, 5.41) is 4.77. The molecule has 0 fully saturated rings. The summed E-state index contributed by atoms with van der Waals surface area (Å²) in [6.45, 7) is 4.20. The highest BCUT2D eigenvalue weighted by atomic mass is 32.1. The van der Waals surface area contributed by atoms with Crippen molar-refractivity contribution in [3.8, 4) is 0 Å². The van der Waals surface area contributed by atoms with Crippen LogP contribution in [0.25, 0.3) is 6.08 Å². The molecule has 0 aliphatic heterocycles. The Balaban J connectivity index is 2.41. The molecule has 0 aromatic carbocycles. The number of rotatable bonds is 3. The lowest BCUT2D eigenvalue weighted by atomic mass is 10.3. The zero-order valence-electron chi connectivity index (χ0n) is 7.83. The normalized spacial score (nSPS) is 10.6. The number of carbonyl (C=O) groups excluding carboxylic acids is 1. The van der Waals surface area contributed by atoms with Crippen LogP contribution in [0.2, 0.25) is 0 Å². The summed E-state index contributed by atoms with van der Waals surface area (Å²) in [5.74, 6) is 0.00699. The van der Waals surface area contributed by atoms with Gasteiger partial charge in [-0.1, -0.05) is 6.08 Å². The maximum atomic E-state index is 10.5. The molecule has 0 saturated carbocycles. The number of hydrogen-bond acceptors (Lipinski definition) is 2. The molecule has 13 heavy (non-hydrogen) atoms. The van der Waals surface area contributed by atoms with Gasteiger partial charge < -0.3 is 5.32 Å². The van der Waals surface area contributed by atoms with Gasteiger partial charge in [-0.2, -0.15) is 0 Å². The number of nitrogens with one attached hydrogen (secondary N) is 1. The zero-order chi connectivity index (χ0) is 9.68. The minimum atomic E-state index is 0.00699. The van der Waals surface area contributed by atoms with Crippen LogP contribution < -0.4 is 5.32 Å². The first-order valence-corrected chi connectivity index (χ1v) is 5.03. The third kappa shape index (κ3) is 3.42. The van der Waals surface area contributed by atoms with E-state index in [2.05, 4.69) is 23.7 Å². The van der Waals surface area contributed by atoms with E-state index in [1.807, 2.05) is 12.2 Å². The molecule has 0 atom stereocenters. The van der Waals surface area contributed by atoms with Gasteiger partial charge in [0.15, 0.2) is 0 Å². The molecular formula is C10H13NOS. The maximum Gasteiger partial charge on any atom is 0.217 e. The van der Waals surface area contributed by atoms with Gasteiger partial charge in [0, 0.05) is 18.3 Å². The lowest BCUT2D eigenvalue weighted by Crippen LogP contribution is -2.19. The lowest BCUT2D eigenvalue weighted by Gasteiger charge is -1.94. The van der Waals surface area contributed by atoms with Crippen molar-refractivity contribution in [2.75, 3.05) is 6.54 Å². The summed E-state index contributed by atoms with van der Waals surface area (Å²) in [5.41, 5.74) is 1.28. The smallest absolute Gasteiger partial charge is 0.217 e. The van der Waals surface area contributed by atoms with Crippen LogP contribution in [0.3, 0.4) is 0 Å². The molecule has 0 spiro atoms. The molecule has 0 unspecified atom stereocenters. The molecule has 1 N–H and O–H groups in total. The number of aryl methyl sites for hydroxylation is 1. The number of amides is 1. The van der Waals surface area contributed by atoms with E-state index >= 15 is 0 Å². The predicted molar refractivity (Wildman–Crippen MR) is 56.8 cm³/mol. The highest BCUT2D eigenvalue weighted by Gasteiger charge is 1.93. The predicted octanol–water partition coefficient (Wildman–Crippen LogP) is 2.21. The minimum absolute atomic E-state index is 0.00699. The fourth-order valence-electron chi connectivity index (χ4n) is 0.924. The zero-order valence-corrected chi connectivity index (χ0v) is 8.65. The van der Waals surface area contributed by atoms with Crippen LogP contribution >= 0.6 is 11.3 Å². The molecule has 1 aromatic heterocycles. The minimum Gasteiger partial charge on any atom is -0.353 e. The largest absolute Gasteiger partial charge is 0.353 e. The van der Waals surface area contributed by atoms with Gasteiger partial charge in [-0.15, -0.1) is 11.3 Å². The van der Waals surface area contributed by atoms with Crippen molar-refractivity contribution in [2.24, 2.45) is 0 Å². The fraction of sp³-hybridized carbons (Fsp3) is 0.300. The average molecular weight is 195 g/mol. The second-order valence-corrected chi connectivity index (χ2v) is 3.76. The topological polar surface area (TPSA) is 29.1 Å². The molecule has 0 aliphatic carbocycles. The Kier molecular flexibility index (Phi) is 3.71. The van der Waals surface area contributed by atoms with Gasteiger partial charge in [-0.25, -0.2) is 0 Å². The Labute approximate surface area is 82.3 Å². The highest BCUT2D eigenvalue weighted by Crippen LogP contribution is 2.16. The molecule has 1 aromatic rings. The summed E-state index contributed by atoms with van der Waals surface area (Å²) in [4.78, 5) is 11.8. The van der Waals surface area contributed by atoms with Crippen molar-refractivity contribution in [1.29, 1.82) is 0 Å². The Bertz CT molecular complexity index is 314. The van der Waals surface area contributed by atoms with Gasteiger partial charge in [-0.3, -0.25) is 4.79 Å². The second-order valence-electron chi connectivity index (χ2n) is 2.81. The first-order chi connectivity index (χ1) is 6.20. The Morgan fingerprint density at radius 2 is 2.46 bits per heavy atom. The van der Waals surface area contributed by atoms with E-state index in [4.69, 9.17) is 0 Å². The SMILES string of the molecule is CC(=O)NCC=Cc1sccc1C. The van der Waals surface area contributed by atoms with Crippen LogP contribution in [0, 0.1) is 6.92 Å². The van der Waals surface area contributed by atoms with E-state index in [0.29, 0.717) is 6.54 Å². The van der Waals surface area contributed by atoms with E-state index in [9.17, 15) is 4.79 Å². The van der Waals surface area contributed by atoms with Gasteiger partial charge in [-0.05, 0) is 30.0 Å². The molecule has 1 rings (SSSR count). The third-order valence-corrected chi connectivity index (χ3v) is 2.62. The van der Waals surface area contributed by atoms with Crippen LogP contribution in [-0.2, 0) is 4.79 Å². The molecular weight excluding hydrogens is 182 g/mol. The molecule has 0 radical (unpaired) electrons. The van der Waals surface area contributed by atoms with Crippen molar-refractivity contribution < 1.29 is 4.79 Å². The molecule has 1 heterocycles. The molecule has 0 bridgehead atoms. The van der Waals surface area contributed by atoms with E-state index in [1.54, 1.807) is 11.3 Å². The number of thiophene rings is 1. The summed E-state index contributed by atoms with van der Waals surface area (Å²) < 4.78 is 0. The van der Waals surface area contributed by atoms with Gasteiger partial charge in [0.25, 0.3) is 0 Å². The standard InChI is InChI=1S/C10H13NOS/c1-8-5-7-13-10(8)4-3-6-11-9(2)12/h3-5,7H,6H2,1-2H3,(H,11,12). The van der Waals surface area contributed by atoms with Crippen molar-refractivity contribution in [1.82, 2.24) is 5.32 Å². The molecule has 0 saturated heterocycles. The van der Waals surface area contributed by atoms with Gasteiger partial charge >= 0.3 is 0 Å². The van der Waals surface area contributed by atoms with Crippen molar-refractivity contribution in [2.45, 2.75) is 13.8 Å². The summed E-state index contributed by atoms with van der Waals surface area (Å²) >= 11 is 1.71. The second kappa shape index (κ2) is 4.82. The summed E-state index contributed by atoms with van der Waals surface area (Å²) in [6, 6.07) is 2.09. The first-order valence-electron chi connectivity index (χ1n) is 4.15. The fourth-order valence-corrected chi connectivity index (χ4v) is 1.77. The van der Waals surface area contributed by atoms with E-state index in [-0.39, 0.29) is 5.91 Å². The van der Waals surface area contributed by atoms with Crippen LogP contribution in [0.4, 0.5) is 0 Å². The van der Waals surface area contributed by atoms with E-state index in [0.717, 1.165) is 0 Å². The number of hydrogen-bond donors (Lipinski definition) is 1. The van der Waals surface area contributed by atoms with Crippen LogP contribution in [0.5, 0.6) is 0 Å². The third-order valence-electron chi connectivity index (χ3n) is 1.64. The molecule has 1 amide bonds. The average Bonchev–Trinajstić information content (AvgIpc) is 2.45. The molecule has 70 valence electrons. The quantitative estimate of drug-likeness (QED) is 0.787. The van der Waals surface area contributed by atoms with Gasteiger partial charge in [0.05, 0.1) is 0 Å². The van der Waals surface area contributed by atoms with E-state index in [1.165, 1.54) is 17.4 Å². The maximum absolute atomic E-state index is 10.5. The van der Waals surface area contributed by atoms with Gasteiger partial charge in [0.1, 0.15) is 0 Å². The highest BCUT2D eigenvalue weighted by molar-refractivity contribution is 7.11. The van der Waals surface area contributed by atoms with Crippen LogP contribution in [-0.4, -0.2) is 12.5 Å². The van der Waals surface area contributed by atoms with Crippen LogP contribution in [0.15, 0.2) is 17.5 Å².